The summed E-state index contributed by atoms with van der Waals surface area (Å²) in [5.41, 5.74) is 0. The van der Waals surface area contributed by atoms with Crippen molar-refractivity contribution in [2.24, 2.45) is 4.99 Å². The minimum atomic E-state index is -1.26. The van der Waals surface area contributed by atoms with Gasteiger partial charge in [-0.15, -0.1) is 0 Å². The topological polar surface area (TPSA) is 12.4 Å². The van der Waals surface area contributed by atoms with Gasteiger partial charge in [-0.2, -0.15) is 0 Å². The minimum Gasteiger partial charge on any atom is -0.297 e. The molecule has 2 heteroatoms. The summed E-state index contributed by atoms with van der Waals surface area (Å²) in [5.74, 6) is 3.00. The smallest absolute Gasteiger partial charge is 0.0582 e. The Balaban J connectivity index is 2.75. The molecule has 1 aliphatic rings. The first-order chi connectivity index (χ1) is 6.46. The average Bonchev–Trinajstić information content (AvgIpc) is 2.78. The molecule has 86 valence electrons. The van der Waals surface area contributed by atoms with E-state index in [1.807, 2.05) is 0 Å². The van der Waals surface area contributed by atoms with Gasteiger partial charge in [0, 0.05) is 0 Å². The molecule has 1 aliphatic heterocycles. The maximum Gasteiger partial charge on any atom is 0.0582 e. The number of hydrogen-bond donors (Lipinski definition) is 1. The lowest BCUT2D eigenvalue weighted by atomic mass is 10.1. The van der Waals surface area contributed by atoms with Gasteiger partial charge in [-0.05, 0) is 48.8 Å². The first-order valence-corrected chi connectivity index (χ1v) is 9.49. The van der Waals surface area contributed by atoms with Gasteiger partial charge in [-0.3, -0.25) is 14.2 Å². The molecule has 2 atom stereocenters. The van der Waals surface area contributed by atoms with E-state index in [4.69, 9.17) is 0 Å². The average molecular weight is 217 g/mol. The van der Waals surface area contributed by atoms with Gasteiger partial charge in [0.15, 0.2) is 0 Å². The van der Waals surface area contributed by atoms with E-state index in [9.17, 15) is 0 Å². The summed E-state index contributed by atoms with van der Waals surface area (Å²) < 4.78 is 0. The van der Waals surface area contributed by atoms with E-state index in [0.717, 1.165) is 5.25 Å². The molecule has 0 saturated carbocycles. The lowest BCUT2D eigenvalue weighted by molar-refractivity contribution is 0.567. The molecule has 1 nitrogen and oxygen atoms in total. The molecule has 0 aromatic heterocycles. The maximum atomic E-state index is 4.38. The minimum absolute atomic E-state index is 0.542. The van der Waals surface area contributed by atoms with Crippen LogP contribution in [0.2, 0.25) is 0 Å². The quantitative estimate of drug-likeness (QED) is 0.399. The lowest BCUT2D eigenvalue weighted by Crippen LogP contribution is -2.30. The highest BCUT2D eigenvalue weighted by atomic mass is 32.3. The monoisotopic (exact) mass is 217 g/mol. The molecule has 0 bridgehead atoms. The Morgan fingerprint density at radius 1 is 1.29 bits per heavy atom. The van der Waals surface area contributed by atoms with E-state index in [-0.39, 0.29) is 0 Å². The van der Waals surface area contributed by atoms with E-state index in [0.29, 0.717) is 6.04 Å². The van der Waals surface area contributed by atoms with Crippen molar-refractivity contribution in [1.82, 2.24) is 0 Å². The van der Waals surface area contributed by atoms with Crippen LogP contribution in [0, 0.1) is 0 Å². The lowest BCUT2D eigenvalue weighted by Gasteiger charge is -2.46. The van der Waals surface area contributed by atoms with Gasteiger partial charge in [0.05, 0.1) is 6.04 Å². The first-order valence-electron chi connectivity index (χ1n) is 5.92. The van der Waals surface area contributed by atoms with Gasteiger partial charge in [0.25, 0.3) is 0 Å². The molecule has 0 amide bonds. The van der Waals surface area contributed by atoms with E-state index in [2.05, 4.69) is 38.1 Å². The number of hydrogen-bond acceptors (Lipinski definition) is 1. The van der Waals surface area contributed by atoms with Crippen molar-refractivity contribution in [3.63, 3.8) is 0 Å². The molecule has 1 saturated heterocycles. The van der Waals surface area contributed by atoms with Crippen LogP contribution in [0.1, 0.15) is 33.1 Å². The van der Waals surface area contributed by atoms with Crippen LogP contribution in [0.5, 0.6) is 0 Å². The Morgan fingerprint density at radius 3 is 2.14 bits per heavy atom. The molecule has 0 spiro atoms. The second kappa shape index (κ2) is 3.88. The molecule has 1 heterocycles. The number of aliphatic imine (C=N–C) groups is 1. The standard InChI is InChI=1S/C12H27NS/c1-6-8-11(13-3)12(7-2)14(4,5)9-10-14/h11-12,14H,3,6-10H2,1-2,4-5H3. The highest BCUT2D eigenvalue weighted by molar-refractivity contribution is 8.54. The summed E-state index contributed by atoms with van der Waals surface area (Å²) in [5, 5.41) is 0.860. The van der Waals surface area contributed by atoms with Gasteiger partial charge < -0.3 is 0 Å². The van der Waals surface area contributed by atoms with Gasteiger partial charge in [0.1, 0.15) is 0 Å². The predicted octanol–water partition coefficient (Wildman–Crippen LogP) is 2.98. The van der Waals surface area contributed by atoms with Crippen LogP contribution in [-0.2, 0) is 0 Å². The SMILES string of the molecule is C=NC(CCC)C(CC)[SH]1(C)(C)CC1. The Labute approximate surface area is 89.7 Å². The molecule has 0 aliphatic carbocycles. The normalized spacial score (nSPS) is 29.6. The highest BCUT2D eigenvalue weighted by Crippen LogP contribution is 2.80. The van der Waals surface area contributed by atoms with E-state index >= 15 is 0 Å². The zero-order valence-electron chi connectivity index (χ0n) is 10.3. The van der Waals surface area contributed by atoms with Crippen LogP contribution in [0.3, 0.4) is 0 Å². The van der Waals surface area contributed by atoms with Crippen molar-refractivity contribution in [2.75, 3.05) is 24.0 Å². The Kier molecular flexibility index (Phi) is 3.35. The third-order valence-electron chi connectivity index (χ3n) is 4.19. The summed E-state index contributed by atoms with van der Waals surface area (Å²) >= 11 is 0. The molecule has 1 rings (SSSR count). The fourth-order valence-electron chi connectivity index (χ4n) is 2.77. The summed E-state index contributed by atoms with van der Waals surface area (Å²) in [7, 11) is -1.26. The van der Waals surface area contributed by atoms with Crippen molar-refractivity contribution in [2.45, 2.75) is 44.4 Å². The second-order valence-corrected chi connectivity index (χ2v) is 13.0. The van der Waals surface area contributed by atoms with Crippen molar-refractivity contribution in [3.05, 3.63) is 0 Å². The van der Waals surface area contributed by atoms with Crippen LogP contribution in [0.25, 0.3) is 0 Å². The van der Waals surface area contributed by atoms with Gasteiger partial charge in [-0.25, -0.2) is 0 Å². The molecule has 2 unspecified atom stereocenters. The third-order valence-corrected chi connectivity index (χ3v) is 9.92. The highest BCUT2D eigenvalue weighted by Gasteiger charge is 2.51. The summed E-state index contributed by atoms with van der Waals surface area (Å²) in [6.07, 6.45) is 8.91. The number of rotatable bonds is 6. The van der Waals surface area contributed by atoms with Crippen LogP contribution >= 0.6 is 9.16 Å². The number of nitrogens with zero attached hydrogens (tertiary/aromatic N) is 1. The van der Waals surface area contributed by atoms with Gasteiger partial charge >= 0.3 is 0 Å². The fourth-order valence-corrected chi connectivity index (χ4v) is 8.16. The largest absolute Gasteiger partial charge is 0.297 e. The molecule has 14 heavy (non-hydrogen) atoms. The van der Waals surface area contributed by atoms with E-state index in [1.165, 1.54) is 30.8 Å². The molecule has 0 radical (unpaired) electrons. The Hall–Kier alpha value is 0.0200. The summed E-state index contributed by atoms with van der Waals surface area (Å²) in [4.78, 5) is 4.38. The summed E-state index contributed by atoms with van der Waals surface area (Å²) in [6, 6.07) is 0.542. The Bertz CT molecular complexity index is 214. The van der Waals surface area contributed by atoms with Crippen molar-refractivity contribution in [1.29, 1.82) is 0 Å². The molecular weight excluding hydrogens is 190 g/mol. The molecule has 0 aromatic rings. The summed E-state index contributed by atoms with van der Waals surface area (Å²) in [6.45, 7) is 8.38. The first kappa shape index (κ1) is 12.1. The molecule has 1 fully saturated rings. The molecule has 0 N–H and O–H groups in total. The van der Waals surface area contributed by atoms with Crippen molar-refractivity contribution in [3.8, 4) is 0 Å². The zero-order chi connectivity index (χ0) is 10.8. The van der Waals surface area contributed by atoms with Gasteiger partial charge in [0.2, 0.25) is 0 Å². The maximum absolute atomic E-state index is 4.38. The van der Waals surface area contributed by atoms with Crippen molar-refractivity contribution >= 4 is 15.9 Å². The predicted molar refractivity (Wildman–Crippen MR) is 72.9 cm³/mol. The van der Waals surface area contributed by atoms with E-state index in [1.54, 1.807) is 0 Å². The van der Waals surface area contributed by atoms with Crippen LogP contribution in [-0.4, -0.2) is 42.0 Å². The second-order valence-electron chi connectivity index (χ2n) is 5.78. The zero-order valence-corrected chi connectivity index (χ0v) is 11.2. The van der Waals surface area contributed by atoms with E-state index < -0.39 is 9.16 Å². The van der Waals surface area contributed by atoms with Gasteiger partial charge in [-0.1, -0.05) is 20.3 Å². The third kappa shape index (κ3) is 2.16. The van der Waals surface area contributed by atoms with Crippen LogP contribution < -0.4 is 0 Å². The number of thiol groups is 1. The molecule has 0 aromatic carbocycles. The van der Waals surface area contributed by atoms with Crippen molar-refractivity contribution < 1.29 is 0 Å². The van der Waals surface area contributed by atoms with Crippen LogP contribution in [0.15, 0.2) is 4.99 Å². The molecular formula is C12H27NS. The fraction of sp³-hybridized carbons (Fsp3) is 0.917. The Morgan fingerprint density at radius 2 is 1.86 bits per heavy atom. The van der Waals surface area contributed by atoms with Crippen LogP contribution in [0.4, 0.5) is 0 Å².